The summed E-state index contributed by atoms with van der Waals surface area (Å²) in [5, 5.41) is 11.1. The average molecular weight is 559 g/mol. The number of rotatable bonds is 9. The van der Waals surface area contributed by atoms with Crippen LogP contribution in [0.2, 0.25) is 10.0 Å². The van der Waals surface area contributed by atoms with E-state index in [2.05, 4.69) is 4.90 Å². The molecule has 1 saturated carbocycles. The van der Waals surface area contributed by atoms with Gasteiger partial charge in [-0.05, 0) is 86.0 Å². The van der Waals surface area contributed by atoms with E-state index in [4.69, 9.17) is 27.9 Å². The van der Waals surface area contributed by atoms with E-state index in [-0.39, 0.29) is 30.0 Å². The molecule has 196 valence electrons. The summed E-state index contributed by atoms with van der Waals surface area (Å²) in [5.41, 5.74) is 1.29. The number of aliphatic hydroxyl groups excluding tert-OH is 1. The summed E-state index contributed by atoms with van der Waals surface area (Å²) in [5.74, 6) is -1.00. The molecule has 0 aromatic heterocycles. The largest absolute Gasteiger partial charge is 0.493 e. The molecule has 0 unspecified atom stereocenters. The van der Waals surface area contributed by atoms with E-state index in [1.54, 1.807) is 6.07 Å². The van der Waals surface area contributed by atoms with Crippen molar-refractivity contribution >= 4 is 39.1 Å². The van der Waals surface area contributed by atoms with Crippen molar-refractivity contribution in [3.63, 3.8) is 0 Å². The molecule has 1 aliphatic heterocycles. The van der Waals surface area contributed by atoms with Gasteiger partial charge in [0.1, 0.15) is 11.6 Å². The third-order valence-corrected chi connectivity index (χ3v) is 7.64. The molecule has 0 radical (unpaired) electrons. The lowest BCUT2D eigenvalue weighted by Crippen LogP contribution is -2.39. The SMILES string of the molecule is CS(=O)(=O)NC(=O)c1cc(C2CC2)c(OCC2CCN([C@@H](CO)c3cc(Cl)cc(Cl)c3)CC2)cc1F. The lowest BCUT2D eigenvalue weighted by atomic mass is 9.95. The highest BCUT2D eigenvalue weighted by Gasteiger charge is 2.31. The van der Waals surface area contributed by atoms with Crippen LogP contribution in [0.15, 0.2) is 30.3 Å². The molecular weight excluding hydrogens is 530 g/mol. The molecule has 1 saturated heterocycles. The Bertz CT molecular complexity index is 1210. The predicted octanol–water partition coefficient (Wildman–Crippen LogP) is 4.52. The van der Waals surface area contributed by atoms with Gasteiger partial charge < -0.3 is 9.84 Å². The maximum atomic E-state index is 14.7. The molecule has 1 amide bonds. The smallest absolute Gasteiger partial charge is 0.267 e. The number of benzene rings is 2. The van der Waals surface area contributed by atoms with Gasteiger partial charge in [-0.2, -0.15) is 0 Å². The van der Waals surface area contributed by atoms with Gasteiger partial charge >= 0.3 is 0 Å². The van der Waals surface area contributed by atoms with E-state index in [0.717, 1.165) is 56.2 Å². The monoisotopic (exact) mass is 558 g/mol. The number of nitrogens with zero attached hydrogens (tertiary/aromatic N) is 1. The Labute approximate surface area is 220 Å². The molecule has 2 N–H and O–H groups in total. The number of hydrogen-bond acceptors (Lipinski definition) is 6. The first-order valence-corrected chi connectivity index (χ1v) is 14.5. The van der Waals surface area contributed by atoms with E-state index >= 15 is 0 Å². The second-order valence-electron chi connectivity index (χ2n) is 9.54. The number of ether oxygens (including phenoxy) is 1. The molecule has 2 fully saturated rings. The quantitative estimate of drug-likeness (QED) is 0.469. The maximum absolute atomic E-state index is 14.7. The Hall–Kier alpha value is -1.91. The first-order chi connectivity index (χ1) is 17.0. The molecule has 7 nitrogen and oxygen atoms in total. The van der Waals surface area contributed by atoms with Crippen LogP contribution in [0.1, 0.15) is 59.1 Å². The summed E-state index contributed by atoms with van der Waals surface area (Å²) in [6, 6.07) is 7.69. The van der Waals surface area contributed by atoms with Crippen molar-refractivity contribution in [2.75, 3.05) is 32.6 Å². The number of hydrogen-bond donors (Lipinski definition) is 2. The van der Waals surface area contributed by atoms with Gasteiger partial charge in [0, 0.05) is 16.1 Å². The van der Waals surface area contributed by atoms with Crippen LogP contribution in [0.25, 0.3) is 0 Å². The molecule has 0 spiro atoms. The standard InChI is InChI=1S/C25H29Cl2FN2O5S/c1-36(33,34)29-25(32)21-11-20(16-2-3-16)24(12-22(21)28)35-14-15-4-6-30(7-5-15)23(13-31)17-8-18(26)10-19(27)9-17/h8-12,15-16,23,31H,2-7,13-14H2,1H3,(H,29,32)/t23-/m0/s1. The summed E-state index contributed by atoms with van der Waals surface area (Å²) in [7, 11) is -3.81. The number of carbonyl (C=O) groups is 1. The number of piperidine rings is 1. The summed E-state index contributed by atoms with van der Waals surface area (Å²) < 4.78 is 45.4. The number of halogens is 3. The highest BCUT2D eigenvalue weighted by atomic mass is 35.5. The molecule has 11 heteroatoms. The molecule has 1 atom stereocenters. The van der Waals surface area contributed by atoms with Crippen molar-refractivity contribution in [2.45, 2.75) is 37.6 Å². The molecule has 4 rings (SSSR count). The van der Waals surface area contributed by atoms with Crippen molar-refractivity contribution in [3.05, 3.63) is 62.9 Å². The van der Waals surface area contributed by atoms with Crippen molar-refractivity contribution < 1.29 is 27.4 Å². The van der Waals surface area contributed by atoms with Gasteiger partial charge in [-0.3, -0.25) is 9.69 Å². The van der Waals surface area contributed by atoms with E-state index in [1.807, 2.05) is 16.9 Å². The maximum Gasteiger partial charge on any atom is 0.267 e. The Kier molecular flexibility index (Phi) is 8.46. The van der Waals surface area contributed by atoms with Crippen LogP contribution in [-0.4, -0.2) is 56.9 Å². The minimum atomic E-state index is -3.81. The van der Waals surface area contributed by atoms with Crippen molar-refractivity contribution in [1.29, 1.82) is 0 Å². The highest BCUT2D eigenvalue weighted by Crippen LogP contribution is 2.45. The average Bonchev–Trinajstić information content (AvgIpc) is 3.62. The van der Waals surface area contributed by atoms with Gasteiger partial charge in [0.05, 0.1) is 31.1 Å². The topological polar surface area (TPSA) is 95.9 Å². The van der Waals surface area contributed by atoms with Gasteiger partial charge in [0.2, 0.25) is 10.0 Å². The number of likely N-dealkylation sites (tertiary alicyclic amines) is 1. The van der Waals surface area contributed by atoms with E-state index < -0.39 is 21.7 Å². The van der Waals surface area contributed by atoms with Gasteiger partial charge in [-0.1, -0.05) is 23.2 Å². The molecule has 2 aromatic carbocycles. The zero-order valence-corrected chi connectivity index (χ0v) is 22.2. The lowest BCUT2D eigenvalue weighted by molar-refractivity contribution is 0.0733. The van der Waals surface area contributed by atoms with Crippen molar-refractivity contribution in [2.24, 2.45) is 5.92 Å². The van der Waals surface area contributed by atoms with Crippen LogP contribution in [0.4, 0.5) is 4.39 Å². The van der Waals surface area contributed by atoms with Crippen LogP contribution in [0, 0.1) is 11.7 Å². The summed E-state index contributed by atoms with van der Waals surface area (Å²) in [6.45, 7) is 1.84. The Morgan fingerprint density at radius 1 is 1.14 bits per heavy atom. The third-order valence-electron chi connectivity index (χ3n) is 6.65. The first kappa shape index (κ1) is 27.1. The fourth-order valence-corrected chi connectivity index (χ4v) is 5.64. The number of nitrogens with one attached hydrogen (secondary N) is 1. The summed E-state index contributed by atoms with van der Waals surface area (Å²) in [6.07, 6.45) is 4.33. The second kappa shape index (κ2) is 11.2. The Morgan fingerprint density at radius 2 is 1.78 bits per heavy atom. The molecule has 36 heavy (non-hydrogen) atoms. The normalized spacial score (nSPS) is 18.1. The van der Waals surface area contributed by atoms with Crippen LogP contribution in [-0.2, 0) is 10.0 Å². The number of carbonyl (C=O) groups excluding carboxylic acids is 1. The van der Waals surface area contributed by atoms with Crippen LogP contribution >= 0.6 is 23.2 Å². The Morgan fingerprint density at radius 3 is 2.33 bits per heavy atom. The minimum Gasteiger partial charge on any atom is -0.493 e. The highest BCUT2D eigenvalue weighted by molar-refractivity contribution is 7.89. The van der Waals surface area contributed by atoms with Crippen LogP contribution < -0.4 is 9.46 Å². The lowest BCUT2D eigenvalue weighted by Gasteiger charge is -2.37. The second-order valence-corrected chi connectivity index (χ2v) is 12.2. The van der Waals surface area contributed by atoms with Crippen LogP contribution in [0.5, 0.6) is 5.75 Å². The fourth-order valence-electron chi connectivity index (χ4n) is 4.65. The molecule has 0 bridgehead atoms. The van der Waals surface area contributed by atoms with Gasteiger partial charge in [-0.25, -0.2) is 17.5 Å². The Balaban J connectivity index is 1.39. The first-order valence-electron chi connectivity index (χ1n) is 11.8. The number of sulfonamides is 1. The van der Waals surface area contributed by atoms with Gasteiger partial charge in [0.15, 0.2) is 0 Å². The minimum absolute atomic E-state index is 0.0544. The van der Waals surface area contributed by atoms with Crippen molar-refractivity contribution in [3.8, 4) is 5.75 Å². The molecule has 2 aliphatic rings. The fraction of sp³-hybridized carbons (Fsp3) is 0.480. The summed E-state index contributed by atoms with van der Waals surface area (Å²) in [4.78, 5) is 14.4. The molecular formula is C25H29Cl2FN2O5S. The third kappa shape index (κ3) is 6.89. The van der Waals surface area contributed by atoms with Crippen LogP contribution in [0.3, 0.4) is 0 Å². The zero-order chi connectivity index (χ0) is 26.0. The zero-order valence-electron chi connectivity index (χ0n) is 19.8. The van der Waals surface area contributed by atoms with Gasteiger partial charge in [0.25, 0.3) is 5.91 Å². The molecule has 1 heterocycles. The number of aliphatic hydroxyl groups is 1. The summed E-state index contributed by atoms with van der Waals surface area (Å²) >= 11 is 12.3. The van der Waals surface area contributed by atoms with Crippen molar-refractivity contribution in [1.82, 2.24) is 9.62 Å². The molecule has 1 aliphatic carbocycles. The predicted molar refractivity (Wildman–Crippen MR) is 137 cm³/mol. The van der Waals surface area contributed by atoms with E-state index in [0.29, 0.717) is 22.4 Å². The number of amides is 1. The molecule has 2 aromatic rings. The van der Waals surface area contributed by atoms with E-state index in [1.165, 1.54) is 12.1 Å². The van der Waals surface area contributed by atoms with Gasteiger partial charge in [-0.15, -0.1) is 0 Å². The van der Waals surface area contributed by atoms with E-state index in [9.17, 15) is 22.7 Å².